The predicted molar refractivity (Wildman–Crippen MR) is 115 cm³/mol. The normalized spacial score (nSPS) is 14.0. The molecule has 2 N–H and O–H groups in total. The van der Waals surface area contributed by atoms with Gasteiger partial charge in [-0.2, -0.15) is 10.1 Å². The van der Waals surface area contributed by atoms with Crippen LogP contribution < -0.4 is 15.5 Å². The van der Waals surface area contributed by atoms with Gasteiger partial charge in [0.1, 0.15) is 0 Å². The van der Waals surface area contributed by atoms with Gasteiger partial charge < -0.3 is 15.5 Å². The fourth-order valence-corrected chi connectivity index (χ4v) is 3.65. The zero-order valence-electron chi connectivity index (χ0n) is 16.4. The maximum Gasteiger partial charge on any atom is 0.249 e. The van der Waals surface area contributed by atoms with Crippen LogP contribution in [0.1, 0.15) is 30.4 Å². The molecule has 4 rings (SSSR count). The summed E-state index contributed by atoms with van der Waals surface area (Å²) in [6.07, 6.45) is 5.52. The van der Waals surface area contributed by atoms with Gasteiger partial charge in [0.15, 0.2) is 5.82 Å². The van der Waals surface area contributed by atoms with E-state index >= 15 is 0 Å². The molecule has 0 amide bonds. The van der Waals surface area contributed by atoms with E-state index in [0.29, 0.717) is 11.8 Å². The molecular formula is C22H26N6. The van der Waals surface area contributed by atoms with Gasteiger partial charge in [-0.1, -0.05) is 6.07 Å². The Hall–Kier alpha value is -3.15. The van der Waals surface area contributed by atoms with Crippen molar-refractivity contribution in [3.05, 3.63) is 59.8 Å². The van der Waals surface area contributed by atoms with Crippen molar-refractivity contribution in [3.63, 3.8) is 0 Å². The van der Waals surface area contributed by atoms with E-state index in [0.717, 1.165) is 24.5 Å². The summed E-state index contributed by atoms with van der Waals surface area (Å²) in [7, 11) is 0. The molecule has 0 saturated carbocycles. The predicted octanol–water partition coefficient (Wildman–Crippen LogP) is 4.97. The van der Waals surface area contributed by atoms with E-state index < -0.39 is 0 Å². The lowest BCUT2D eigenvalue weighted by Gasteiger charge is -2.28. The first-order valence-corrected chi connectivity index (χ1v) is 9.83. The number of piperidine rings is 1. The molecule has 1 aliphatic rings. The number of hydrogen-bond acceptors (Lipinski definition) is 6. The fraction of sp³-hybridized carbons (Fsp3) is 0.318. The first-order chi connectivity index (χ1) is 13.7. The summed E-state index contributed by atoms with van der Waals surface area (Å²) in [6, 6.07) is 14.7. The van der Waals surface area contributed by atoms with Crippen LogP contribution in [0, 0.1) is 13.8 Å². The highest BCUT2D eigenvalue weighted by molar-refractivity contribution is 5.62. The molecule has 3 aromatic rings. The summed E-state index contributed by atoms with van der Waals surface area (Å²) in [6.45, 7) is 6.45. The Kier molecular flexibility index (Phi) is 5.37. The Morgan fingerprint density at radius 2 is 1.54 bits per heavy atom. The van der Waals surface area contributed by atoms with Gasteiger partial charge in [-0.25, -0.2) is 0 Å². The minimum atomic E-state index is 0.472. The minimum Gasteiger partial charge on any atom is -0.372 e. The van der Waals surface area contributed by atoms with Gasteiger partial charge in [0, 0.05) is 30.2 Å². The van der Waals surface area contributed by atoms with Crippen molar-refractivity contribution in [3.8, 4) is 0 Å². The van der Waals surface area contributed by atoms with E-state index in [1.54, 1.807) is 6.20 Å². The lowest BCUT2D eigenvalue weighted by molar-refractivity contribution is 0.578. The van der Waals surface area contributed by atoms with Gasteiger partial charge in [0.05, 0.1) is 6.20 Å². The van der Waals surface area contributed by atoms with E-state index in [-0.39, 0.29) is 0 Å². The van der Waals surface area contributed by atoms with Gasteiger partial charge in [-0.15, -0.1) is 5.10 Å². The van der Waals surface area contributed by atoms with E-state index in [4.69, 9.17) is 0 Å². The van der Waals surface area contributed by atoms with Gasteiger partial charge >= 0.3 is 0 Å². The molecule has 0 spiro atoms. The second-order valence-corrected chi connectivity index (χ2v) is 7.39. The third-order valence-corrected chi connectivity index (χ3v) is 4.90. The van der Waals surface area contributed by atoms with Gasteiger partial charge in [0.25, 0.3) is 0 Å². The van der Waals surface area contributed by atoms with Crippen LogP contribution in [0.5, 0.6) is 0 Å². The second-order valence-electron chi connectivity index (χ2n) is 7.39. The molecule has 1 aliphatic heterocycles. The van der Waals surface area contributed by atoms with Gasteiger partial charge in [-0.05, 0) is 80.6 Å². The van der Waals surface area contributed by atoms with E-state index in [1.165, 1.54) is 36.1 Å². The van der Waals surface area contributed by atoms with Crippen LogP contribution in [0.3, 0.4) is 0 Å². The zero-order valence-corrected chi connectivity index (χ0v) is 16.4. The Labute approximate surface area is 166 Å². The summed E-state index contributed by atoms with van der Waals surface area (Å²) in [5.41, 5.74) is 5.63. The molecule has 6 heteroatoms. The number of nitrogens with zero attached hydrogens (tertiary/aromatic N) is 4. The van der Waals surface area contributed by atoms with Crippen LogP contribution in [-0.4, -0.2) is 28.3 Å². The maximum absolute atomic E-state index is 4.53. The average Bonchev–Trinajstić information content (AvgIpc) is 2.69. The molecule has 1 saturated heterocycles. The first kappa shape index (κ1) is 18.2. The SMILES string of the molecule is Cc1cc(C)cc(Nc2cnnc(Nc3ccc(N4CCCCC4)cc3)n2)c1. The summed E-state index contributed by atoms with van der Waals surface area (Å²) in [5, 5.41) is 14.7. The van der Waals surface area contributed by atoms with Gasteiger partial charge in [0.2, 0.25) is 5.95 Å². The molecule has 1 fully saturated rings. The van der Waals surface area contributed by atoms with Crippen LogP contribution in [-0.2, 0) is 0 Å². The number of aryl methyl sites for hydroxylation is 2. The number of aromatic nitrogens is 3. The highest BCUT2D eigenvalue weighted by atomic mass is 15.3. The van der Waals surface area contributed by atoms with Crippen LogP contribution in [0.15, 0.2) is 48.7 Å². The van der Waals surface area contributed by atoms with Crippen molar-refractivity contribution in [2.45, 2.75) is 33.1 Å². The van der Waals surface area contributed by atoms with Crippen molar-refractivity contribution in [1.29, 1.82) is 0 Å². The summed E-state index contributed by atoms with van der Waals surface area (Å²) in [5.74, 6) is 1.13. The van der Waals surface area contributed by atoms with E-state index in [2.05, 4.69) is 87.0 Å². The minimum absolute atomic E-state index is 0.472. The van der Waals surface area contributed by atoms with Crippen molar-refractivity contribution in [1.82, 2.24) is 15.2 Å². The van der Waals surface area contributed by atoms with Crippen molar-refractivity contribution >= 4 is 28.8 Å². The summed E-state index contributed by atoms with van der Waals surface area (Å²) >= 11 is 0. The highest BCUT2D eigenvalue weighted by Crippen LogP contribution is 2.23. The molecule has 1 aromatic heterocycles. The van der Waals surface area contributed by atoms with Crippen LogP contribution in [0.2, 0.25) is 0 Å². The lowest BCUT2D eigenvalue weighted by Crippen LogP contribution is -2.29. The number of benzene rings is 2. The number of anilines is 5. The highest BCUT2D eigenvalue weighted by Gasteiger charge is 2.10. The molecular weight excluding hydrogens is 348 g/mol. The molecule has 0 radical (unpaired) electrons. The van der Waals surface area contributed by atoms with Crippen molar-refractivity contribution in [2.24, 2.45) is 0 Å². The zero-order chi connectivity index (χ0) is 19.3. The monoisotopic (exact) mass is 374 g/mol. The number of rotatable bonds is 5. The number of hydrogen-bond donors (Lipinski definition) is 2. The van der Waals surface area contributed by atoms with E-state index in [9.17, 15) is 0 Å². The Bertz CT molecular complexity index is 912. The topological polar surface area (TPSA) is 66.0 Å². The van der Waals surface area contributed by atoms with Crippen LogP contribution >= 0.6 is 0 Å². The maximum atomic E-state index is 4.53. The quantitative estimate of drug-likeness (QED) is 0.657. The van der Waals surface area contributed by atoms with Crippen molar-refractivity contribution < 1.29 is 0 Å². The summed E-state index contributed by atoms with van der Waals surface area (Å²) < 4.78 is 0. The third-order valence-electron chi connectivity index (χ3n) is 4.90. The van der Waals surface area contributed by atoms with Crippen LogP contribution in [0.25, 0.3) is 0 Å². The Morgan fingerprint density at radius 3 is 2.25 bits per heavy atom. The smallest absolute Gasteiger partial charge is 0.249 e. The molecule has 0 aliphatic carbocycles. The first-order valence-electron chi connectivity index (χ1n) is 9.83. The number of nitrogens with one attached hydrogen (secondary N) is 2. The molecule has 28 heavy (non-hydrogen) atoms. The molecule has 0 atom stereocenters. The van der Waals surface area contributed by atoms with Crippen molar-refractivity contribution in [2.75, 3.05) is 28.6 Å². The standard InChI is InChI=1S/C22H26N6/c1-16-12-17(2)14-19(13-16)24-21-15-23-27-22(26-21)25-18-6-8-20(9-7-18)28-10-4-3-5-11-28/h6-9,12-15H,3-5,10-11H2,1-2H3,(H2,24,25,26,27). The average molecular weight is 374 g/mol. The molecule has 0 unspecified atom stereocenters. The lowest BCUT2D eigenvalue weighted by atomic mass is 10.1. The molecule has 2 aromatic carbocycles. The molecule has 0 bridgehead atoms. The Morgan fingerprint density at radius 1 is 0.821 bits per heavy atom. The molecule has 2 heterocycles. The van der Waals surface area contributed by atoms with Crippen LogP contribution in [0.4, 0.5) is 28.8 Å². The molecule has 6 nitrogen and oxygen atoms in total. The Balaban J connectivity index is 1.44. The fourth-order valence-electron chi connectivity index (χ4n) is 3.65. The summed E-state index contributed by atoms with van der Waals surface area (Å²) in [4.78, 5) is 6.97. The van der Waals surface area contributed by atoms with Gasteiger partial charge in [-0.3, -0.25) is 0 Å². The largest absolute Gasteiger partial charge is 0.372 e. The third kappa shape index (κ3) is 4.57. The second kappa shape index (κ2) is 8.25. The molecule has 144 valence electrons. The van der Waals surface area contributed by atoms with E-state index in [1.807, 2.05) is 0 Å².